The minimum atomic E-state index is -0.926. The Morgan fingerprint density at radius 2 is 1.56 bits per heavy atom. The van der Waals surface area contributed by atoms with Crippen LogP contribution in [0.4, 0.5) is 5.69 Å². The number of rotatable bonds is 23. The number of carbonyl (C=O) groups is 5. The van der Waals surface area contributed by atoms with Crippen LogP contribution in [-0.2, 0) is 46.4 Å². The number of methoxy groups -OCH3 is 2. The number of carbonyl (C=O) groups excluding carboxylic acids is 5. The summed E-state index contributed by atoms with van der Waals surface area (Å²) < 4.78 is 12.1. The number of hydrogen-bond acceptors (Lipinski definition) is 10. The molecule has 1 aromatic carbocycles. The molecule has 0 bridgehead atoms. The van der Waals surface area contributed by atoms with E-state index in [4.69, 9.17) is 15.2 Å². The van der Waals surface area contributed by atoms with Gasteiger partial charge in [0.15, 0.2) is 0 Å². The van der Waals surface area contributed by atoms with Gasteiger partial charge in [-0.15, -0.1) is 0 Å². The van der Waals surface area contributed by atoms with Gasteiger partial charge in [-0.25, -0.2) is 0 Å². The molecule has 2 aromatic rings. The zero-order valence-corrected chi connectivity index (χ0v) is 38.6. The fraction of sp³-hybridized carbons (Fsp3) is 0.652. The molecule has 3 rings (SSSR count). The van der Waals surface area contributed by atoms with Crippen molar-refractivity contribution in [2.24, 2.45) is 23.7 Å². The van der Waals surface area contributed by atoms with Crippen molar-refractivity contribution in [2.75, 3.05) is 47.6 Å². The Labute approximate surface area is 364 Å². The van der Waals surface area contributed by atoms with Gasteiger partial charge in [-0.3, -0.25) is 33.9 Å². The summed E-state index contributed by atoms with van der Waals surface area (Å²) in [7, 11) is 8.51. The van der Waals surface area contributed by atoms with Crippen molar-refractivity contribution < 1.29 is 33.4 Å². The number of likely N-dealkylation sites (tertiary alicyclic amines) is 1. The summed E-state index contributed by atoms with van der Waals surface area (Å²) in [6.45, 7) is 14.3. The lowest BCUT2D eigenvalue weighted by molar-refractivity contribution is -0.148. The summed E-state index contributed by atoms with van der Waals surface area (Å²) in [5.74, 6) is -2.34. The third-order valence-corrected chi connectivity index (χ3v) is 12.2. The lowest BCUT2D eigenvalue weighted by atomic mass is 9.89. The van der Waals surface area contributed by atoms with Crippen molar-refractivity contribution in [2.45, 2.75) is 130 Å². The molecule has 2 unspecified atom stereocenters. The van der Waals surface area contributed by atoms with Crippen LogP contribution in [-0.4, -0.2) is 134 Å². The third kappa shape index (κ3) is 14.0. The number of aromatic nitrogens is 1. The van der Waals surface area contributed by atoms with Gasteiger partial charge in [0.05, 0.1) is 42.7 Å². The SMILES string of the molecule is CC[C@H](C)C([C@@H](CC(=O)N1CCC[C@H]1[C@H](OC)[C@@H](C)C(=O)N[C@H](Cc1ccccn1)C(=O)NCc1ccc(N)cc1)OC)N(C)C(=O)[C@@H](NC(=O)C(C(C)C)N(C)C)C(C)C. The molecule has 0 aliphatic carbocycles. The third-order valence-electron chi connectivity index (χ3n) is 12.2. The molecule has 2 heterocycles. The van der Waals surface area contributed by atoms with Crippen molar-refractivity contribution in [3.8, 4) is 0 Å². The number of nitrogens with one attached hydrogen (secondary N) is 3. The second-order valence-corrected chi connectivity index (χ2v) is 17.5. The Bertz CT molecular complexity index is 1700. The van der Waals surface area contributed by atoms with Crippen LogP contribution in [0.1, 0.15) is 85.4 Å². The highest BCUT2D eigenvalue weighted by molar-refractivity contribution is 5.90. The van der Waals surface area contributed by atoms with Crippen molar-refractivity contribution >= 4 is 35.2 Å². The molecule has 1 saturated heterocycles. The molecular formula is C46H74N8O7. The molecular weight excluding hydrogens is 777 g/mol. The quantitative estimate of drug-likeness (QED) is 0.120. The van der Waals surface area contributed by atoms with E-state index in [1.165, 1.54) is 7.11 Å². The number of amides is 5. The Morgan fingerprint density at radius 1 is 0.885 bits per heavy atom. The molecule has 9 atom stereocenters. The molecule has 1 aliphatic heterocycles. The summed E-state index contributed by atoms with van der Waals surface area (Å²) in [6.07, 6.45) is 2.52. The molecule has 0 radical (unpaired) electrons. The predicted octanol–water partition coefficient (Wildman–Crippen LogP) is 3.65. The summed E-state index contributed by atoms with van der Waals surface area (Å²) in [6, 6.07) is 9.58. The van der Waals surface area contributed by atoms with Gasteiger partial charge >= 0.3 is 0 Å². The largest absolute Gasteiger partial charge is 0.399 e. The highest BCUT2D eigenvalue weighted by Gasteiger charge is 2.43. The first kappa shape index (κ1) is 50.8. The van der Waals surface area contributed by atoms with Crippen LogP contribution < -0.4 is 21.7 Å². The first-order chi connectivity index (χ1) is 28.9. The average Bonchev–Trinajstić information content (AvgIpc) is 3.71. The molecule has 1 aromatic heterocycles. The minimum absolute atomic E-state index is 0.00821. The van der Waals surface area contributed by atoms with Gasteiger partial charge in [0.2, 0.25) is 29.5 Å². The van der Waals surface area contributed by atoms with Gasteiger partial charge in [-0.2, -0.15) is 0 Å². The lowest BCUT2D eigenvalue weighted by Crippen LogP contribution is -2.59. The first-order valence-corrected chi connectivity index (χ1v) is 21.8. The van der Waals surface area contributed by atoms with Crippen LogP contribution in [0.2, 0.25) is 0 Å². The number of nitrogens with zero attached hydrogens (tertiary/aromatic N) is 4. The van der Waals surface area contributed by atoms with E-state index < -0.39 is 54.2 Å². The van der Waals surface area contributed by atoms with Gasteiger partial charge in [0.1, 0.15) is 12.1 Å². The number of hydrogen-bond donors (Lipinski definition) is 4. The number of nitrogen functional groups attached to an aromatic ring is 1. The first-order valence-electron chi connectivity index (χ1n) is 21.8. The van der Waals surface area contributed by atoms with E-state index in [0.717, 1.165) is 12.0 Å². The van der Waals surface area contributed by atoms with Crippen LogP contribution in [0.3, 0.4) is 0 Å². The van der Waals surface area contributed by atoms with Crippen LogP contribution >= 0.6 is 0 Å². The van der Waals surface area contributed by atoms with Crippen LogP contribution in [0.25, 0.3) is 0 Å². The maximum atomic E-state index is 14.4. The van der Waals surface area contributed by atoms with Crippen LogP contribution in [0.15, 0.2) is 48.7 Å². The van der Waals surface area contributed by atoms with E-state index in [0.29, 0.717) is 30.8 Å². The van der Waals surface area contributed by atoms with Crippen LogP contribution in [0, 0.1) is 23.7 Å². The van der Waals surface area contributed by atoms with E-state index in [1.54, 1.807) is 61.3 Å². The zero-order valence-electron chi connectivity index (χ0n) is 38.6. The van der Waals surface area contributed by atoms with Crippen molar-refractivity contribution in [1.29, 1.82) is 0 Å². The summed E-state index contributed by atoms with van der Waals surface area (Å²) in [4.78, 5) is 79.5. The van der Waals surface area contributed by atoms with Crippen molar-refractivity contribution in [3.63, 3.8) is 0 Å². The van der Waals surface area contributed by atoms with E-state index in [-0.39, 0.29) is 60.8 Å². The normalized spacial score (nSPS) is 18.1. The molecule has 15 nitrogen and oxygen atoms in total. The minimum Gasteiger partial charge on any atom is -0.399 e. The molecule has 1 aliphatic rings. The molecule has 0 saturated carbocycles. The van der Waals surface area contributed by atoms with E-state index in [2.05, 4.69) is 20.9 Å². The summed E-state index contributed by atoms with van der Waals surface area (Å²) in [5.41, 5.74) is 7.95. The standard InChI is InChI=1S/C46H74N8O7/c1-13-30(6)41(53(10)46(59)39(28(2)3)51-45(58)40(29(4)5)52(8)9)37(60-11)26-38(55)54-24-16-18-36(54)42(61-12)31(7)43(56)50-35(25-34-17-14-15-23-48-34)44(57)49-27-32-19-21-33(47)22-20-32/h14-15,17,19-23,28-31,35-37,39-42H,13,16,18,24-27,47H2,1-12H3,(H,49,57)(H,50,56)(H,51,58)/t30-,31+,35+,36-,37+,39-,40?,41?,42+/m0/s1. The number of benzene rings is 1. The van der Waals surface area contributed by atoms with Gasteiger partial charge in [-0.1, -0.05) is 73.1 Å². The molecule has 0 spiro atoms. The fourth-order valence-corrected chi connectivity index (χ4v) is 8.60. The zero-order chi connectivity index (χ0) is 45.6. The van der Waals surface area contributed by atoms with Gasteiger partial charge in [0.25, 0.3) is 0 Å². The monoisotopic (exact) mass is 851 g/mol. The number of ether oxygens (including phenoxy) is 2. The Morgan fingerprint density at radius 3 is 2.10 bits per heavy atom. The van der Waals surface area contributed by atoms with Crippen molar-refractivity contribution in [3.05, 3.63) is 59.9 Å². The topological polar surface area (TPSA) is 189 Å². The van der Waals surface area contributed by atoms with Gasteiger partial charge < -0.3 is 41.0 Å². The van der Waals surface area contributed by atoms with Gasteiger partial charge in [-0.05, 0) is 74.5 Å². The summed E-state index contributed by atoms with van der Waals surface area (Å²) in [5, 5.41) is 8.93. The summed E-state index contributed by atoms with van der Waals surface area (Å²) >= 11 is 0. The number of nitrogens with two attached hydrogens (primary N) is 1. The fourth-order valence-electron chi connectivity index (χ4n) is 8.60. The van der Waals surface area contributed by atoms with E-state index in [1.807, 2.05) is 78.7 Å². The highest BCUT2D eigenvalue weighted by Crippen LogP contribution is 2.30. The maximum Gasteiger partial charge on any atom is 0.245 e. The maximum absolute atomic E-state index is 14.4. The molecule has 15 heteroatoms. The smallest absolute Gasteiger partial charge is 0.245 e. The highest BCUT2D eigenvalue weighted by atomic mass is 16.5. The van der Waals surface area contributed by atoms with E-state index in [9.17, 15) is 24.0 Å². The Hall–Kier alpha value is -4.60. The molecule has 340 valence electrons. The number of likely N-dealkylation sites (N-methyl/N-ethyl adjacent to an activating group) is 2. The predicted molar refractivity (Wildman–Crippen MR) is 238 cm³/mol. The average molecular weight is 851 g/mol. The number of pyridine rings is 1. The van der Waals surface area contributed by atoms with Crippen LogP contribution in [0.5, 0.6) is 0 Å². The lowest BCUT2D eigenvalue weighted by Gasteiger charge is -2.41. The van der Waals surface area contributed by atoms with Gasteiger partial charge in [0, 0.05) is 58.4 Å². The second-order valence-electron chi connectivity index (χ2n) is 17.5. The molecule has 5 amide bonds. The van der Waals surface area contributed by atoms with Crippen molar-refractivity contribution in [1.82, 2.24) is 35.6 Å². The molecule has 61 heavy (non-hydrogen) atoms. The molecule has 1 fully saturated rings. The molecule has 5 N–H and O–H groups in total. The Kier molecular flexibility index (Phi) is 20.1. The Balaban J connectivity index is 1.79. The second kappa shape index (κ2) is 24.1. The number of anilines is 1. The van der Waals surface area contributed by atoms with E-state index >= 15 is 0 Å².